The van der Waals surface area contributed by atoms with Crippen molar-refractivity contribution in [3.63, 3.8) is 0 Å². The molecule has 1 aromatic carbocycles. The first kappa shape index (κ1) is 13.9. The van der Waals surface area contributed by atoms with Crippen LogP contribution in [0.25, 0.3) is 10.6 Å². The molecule has 0 fully saturated rings. The van der Waals surface area contributed by atoms with Crippen LogP contribution < -0.4 is 5.32 Å². The minimum Gasteiger partial charge on any atom is -0.355 e. The summed E-state index contributed by atoms with van der Waals surface area (Å²) in [6, 6.07) is 13.1. The summed E-state index contributed by atoms with van der Waals surface area (Å²) in [6.07, 6.45) is 2.01. The Morgan fingerprint density at radius 1 is 1.29 bits per heavy atom. The molecular formula is C15H12N2O2S2. The van der Waals surface area contributed by atoms with Gasteiger partial charge in [-0.05, 0) is 42.0 Å². The Bertz CT molecular complexity index is 733. The highest BCUT2D eigenvalue weighted by molar-refractivity contribution is 7.98. The first-order valence-electron chi connectivity index (χ1n) is 6.22. The molecule has 3 aromatic rings. The van der Waals surface area contributed by atoms with Gasteiger partial charge in [0.1, 0.15) is 0 Å². The van der Waals surface area contributed by atoms with Gasteiger partial charge in [0.25, 0.3) is 5.91 Å². The number of anilines is 1. The monoisotopic (exact) mass is 316 g/mol. The summed E-state index contributed by atoms with van der Waals surface area (Å²) in [6.45, 7) is 0. The number of amides is 1. The fraction of sp³-hybridized carbons (Fsp3) is 0.0667. The van der Waals surface area contributed by atoms with Gasteiger partial charge in [0.15, 0.2) is 11.5 Å². The minimum absolute atomic E-state index is 0.271. The lowest BCUT2D eigenvalue weighted by Crippen LogP contribution is -2.11. The largest absolute Gasteiger partial charge is 0.355 e. The molecule has 0 spiro atoms. The Kier molecular flexibility index (Phi) is 4.08. The lowest BCUT2D eigenvalue weighted by molar-refractivity contribution is 0.101. The van der Waals surface area contributed by atoms with E-state index in [0.29, 0.717) is 5.76 Å². The van der Waals surface area contributed by atoms with E-state index in [2.05, 4.69) is 10.5 Å². The van der Waals surface area contributed by atoms with E-state index in [9.17, 15) is 4.79 Å². The molecular weight excluding hydrogens is 304 g/mol. The van der Waals surface area contributed by atoms with Crippen molar-refractivity contribution in [3.05, 3.63) is 53.5 Å². The Morgan fingerprint density at radius 3 is 2.76 bits per heavy atom. The van der Waals surface area contributed by atoms with Gasteiger partial charge in [-0.25, -0.2) is 0 Å². The summed E-state index contributed by atoms with van der Waals surface area (Å²) in [5.41, 5.74) is 1.01. The van der Waals surface area contributed by atoms with Gasteiger partial charge < -0.3 is 9.84 Å². The molecule has 2 aromatic heterocycles. The highest BCUT2D eigenvalue weighted by Crippen LogP contribution is 2.25. The predicted octanol–water partition coefficient (Wildman–Crippen LogP) is 4.38. The first-order chi connectivity index (χ1) is 10.3. The van der Waals surface area contributed by atoms with Gasteiger partial charge in [-0.2, -0.15) is 0 Å². The number of hydrogen-bond acceptors (Lipinski definition) is 5. The van der Waals surface area contributed by atoms with E-state index in [-0.39, 0.29) is 11.6 Å². The molecule has 0 unspecified atom stereocenters. The van der Waals surface area contributed by atoms with Crippen molar-refractivity contribution in [2.75, 3.05) is 11.6 Å². The lowest BCUT2D eigenvalue weighted by Gasteiger charge is -2.03. The van der Waals surface area contributed by atoms with Crippen molar-refractivity contribution in [2.24, 2.45) is 0 Å². The van der Waals surface area contributed by atoms with Crippen LogP contribution in [0.2, 0.25) is 0 Å². The number of benzene rings is 1. The smallest absolute Gasteiger partial charge is 0.277 e. The van der Waals surface area contributed by atoms with Crippen LogP contribution in [0, 0.1) is 0 Å². The molecule has 106 valence electrons. The van der Waals surface area contributed by atoms with Crippen LogP contribution in [0.3, 0.4) is 0 Å². The average molecular weight is 316 g/mol. The zero-order valence-corrected chi connectivity index (χ0v) is 12.8. The summed E-state index contributed by atoms with van der Waals surface area (Å²) in [7, 11) is 0. The summed E-state index contributed by atoms with van der Waals surface area (Å²) in [4.78, 5) is 14.2. The van der Waals surface area contributed by atoms with Gasteiger partial charge in [0, 0.05) is 16.6 Å². The number of carbonyl (C=O) groups excluding carboxylic acids is 1. The van der Waals surface area contributed by atoms with E-state index in [1.807, 2.05) is 48.0 Å². The van der Waals surface area contributed by atoms with Gasteiger partial charge in [-0.3, -0.25) is 4.79 Å². The second-order valence-corrected chi connectivity index (χ2v) is 6.06. The van der Waals surface area contributed by atoms with E-state index in [1.54, 1.807) is 29.2 Å². The van der Waals surface area contributed by atoms with Crippen LogP contribution in [-0.2, 0) is 0 Å². The summed E-state index contributed by atoms with van der Waals surface area (Å²) in [5.74, 6) is 0.325. The maximum Gasteiger partial charge on any atom is 0.277 e. The molecule has 0 atom stereocenters. The van der Waals surface area contributed by atoms with E-state index in [1.165, 1.54) is 0 Å². The van der Waals surface area contributed by atoms with E-state index in [4.69, 9.17) is 4.52 Å². The molecule has 0 radical (unpaired) electrons. The van der Waals surface area contributed by atoms with Crippen LogP contribution >= 0.6 is 23.1 Å². The lowest BCUT2D eigenvalue weighted by atomic mass is 10.3. The predicted molar refractivity (Wildman–Crippen MR) is 86.0 cm³/mol. The molecule has 2 heterocycles. The van der Waals surface area contributed by atoms with Gasteiger partial charge in [0.2, 0.25) is 0 Å². The third kappa shape index (κ3) is 3.17. The van der Waals surface area contributed by atoms with Crippen molar-refractivity contribution in [3.8, 4) is 10.6 Å². The Hall–Kier alpha value is -2.05. The fourth-order valence-electron chi connectivity index (χ4n) is 1.79. The second-order valence-electron chi connectivity index (χ2n) is 4.24. The summed E-state index contributed by atoms with van der Waals surface area (Å²) < 4.78 is 5.20. The molecule has 1 N–H and O–H groups in total. The van der Waals surface area contributed by atoms with Crippen LogP contribution in [0.1, 0.15) is 10.5 Å². The van der Waals surface area contributed by atoms with Gasteiger partial charge in [-0.1, -0.05) is 11.2 Å². The van der Waals surface area contributed by atoms with E-state index in [0.717, 1.165) is 15.5 Å². The fourth-order valence-corrected chi connectivity index (χ4v) is 2.87. The third-order valence-corrected chi connectivity index (χ3v) is 4.48. The number of rotatable bonds is 4. The van der Waals surface area contributed by atoms with Gasteiger partial charge in [0.05, 0.1) is 4.88 Å². The minimum atomic E-state index is -0.279. The Balaban J connectivity index is 1.73. The number of thiophene rings is 1. The van der Waals surface area contributed by atoms with E-state index < -0.39 is 0 Å². The molecule has 4 nitrogen and oxygen atoms in total. The van der Waals surface area contributed by atoms with Gasteiger partial charge >= 0.3 is 0 Å². The zero-order chi connectivity index (χ0) is 14.7. The van der Waals surface area contributed by atoms with Crippen LogP contribution in [-0.4, -0.2) is 17.3 Å². The molecule has 0 bridgehead atoms. The highest BCUT2D eigenvalue weighted by Gasteiger charge is 2.14. The van der Waals surface area contributed by atoms with Crippen molar-refractivity contribution in [1.29, 1.82) is 0 Å². The second kappa shape index (κ2) is 6.15. The molecule has 0 aliphatic heterocycles. The standard InChI is InChI=1S/C15H12N2O2S2/c1-20-11-6-4-10(5-7-11)16-15(18)12-9-13(19-17-12)14-3-2-8-21-14/h2-9H,1H3,(H,16,18). The molecule has 0 saturated heterocycles. The SMILES string of the molecule is CSc1ccc(NC(=O)c2cc(-c3cccs3)on2)cc1. The molecule has 6 heteroatoms. The Morgan fingerprint density at radius 2 is 2.10 bits per heavy atom. The molecule has 3 rings (SSSR count). The Labute approximate surface area is 130 Å². The molecule has 21 heavy (non-hydrogen) atoms. The first-order valence-corrected chi connectivity index (χ1v) is 8.33. The topological polar surface area (TPSA) is 55.1 Å². The molecule has 1 amide bonds. The number of nitrogens with one attached hydrogen (secondary N) is 1. The van der Waals surface area contributed by atoms with Crippen molar-refractivity contribution < 1.29 is 9.32 Å². The number of hydrogen-bond donors (Lipinski definition) is 1. The van der Waals surface area contributed by atoms with Gasteiger partial charge in [-0.15, -0.1) is 23.1 Å². The molecule has 0 aliphatic carbocycles. The molecule has 0 saturated carbocycles. The zero-order valence-electron chi connectivity index (χ0n) is 11.2. The quantitative estimate of drug-likeness (QED) is 0.726. The number of nitrogens with zero attached hydrogens (tertiary/aromatic N) is 1. The summed E-state index contributed by atoms with van der Waals surface area (Å²) in [5, 5.41) is 8.57. The van der Waals surface area contributed by atoms with E-state index >= 15 is 0 Å². The number of thioether (sulfide) groups is 1. The van der Waals surface area contributed by atoms with Crippen molar-refractivity contribution in [1.82, 2.24) is 5.16 Å². The van der Waals surface area contributed by atoms with Crippen LogP contribution in [0.15, 0.2) is 57.3 Å². The highest BCUT2D eigenvalue weighted by atomic mass is 32.2. The molecule has 0 aliphatic rings. The maximum atomic E-state index is 12.1. The van der Waals surface area contributed by atoms with Crippen LogP contribution in [0.5, 0.6) is 0 Å². The average Bonchev–Trinajstić information content (AvgIpc) is 3.19. The van der Waals surface area contributed by atoms with Crippen molar-refractivity contribution in [2.45, 2.75) is 4.90 Å². The van der Waals surface area contributed by atoms with Crippen molar-refractivity contribution >= 4 is 34.7 Å². The number of carbonyl (C=O) groups is 1. The van der Waals surface area contributed by atoms with Crippen LogP contribution in [0.4, 0.5) is 5.69 Å². The number of aromatic nitrogens is 1. The summed E-state index contributed by atoms with van der Waals surface area (Å²) >= 11 is 3.20. The maximum absolute atomic E-state index is 12.1. The normalized spacial score (nSPS) is 10.5. The third-order valence-electron chi connectivity index (χ3n) is 2.85.